The second-order valence-electron chi connectivity index (χ2n) is 7.06. The summed E-state index contributed by atoms with van der Waals surface area (Å²) in [7, 11) is 0. The highest BCUT2D eigenvalue weighted by Gasteiger charge is 2.40. The standard InChI is InChI=1S/C16H28N4O3.2ClH/c1-12(14(21)18-13-2-3-13)19-6-8-20(9-7-19)15(22)16(17)4-10-23-11-5-16;;/h12-13H,2-11,17H2,1H3,(H,18,21);2*1H. The summed E-state index contributed by atoms with van der Waals surface area (Å²) >= 11 is 0. The second-order valence-corrected chi connectivity index (χ2v) is 7.06. The monoisotopic (exact) mass is 396 g/mol. The zero-order chi connectivity index (χ0) is 16.4. The van der Waals surface area contributed by atoms with Gasteiger partial charge in [-0.15, -0.1) is 24.8 Å². The van der Waals surface area contributed by atoms with E-state index < -0.39 is 5.54 Å². The van der Waals surface area contributed by atoms with E-state index in [1.54, 1.807) is 0 Å². The number of carbonyl (C=O) groups excluding carboxylic acids is 2. The summed E-state index contributed by atoms with van der Waals surface area (Å²) in [5.74, 6) is 0.141. The lowest BCUT2D eigenvalue weighted by atomic mass is 9.89. The zero-order valence-corrected chi connectivity index (χ0v) is 16.4. The van der Waals surface area contributed by atoms with Crippen LogP contribution >= 0.6 is 24.8 Å². The van der Waals surface area contributed by atoms with Crippen LogP contribution in [-0.2, 0) is 14.3 Å². The molecule has 0 aromatic heterocycles. The maximum absolute atomic E-state index is 12.7. The first-order valence-electron chi connectivity index (χ1n) is 8.70. The summed E-state index contributed by atoms with van der Waals surface area (Å²) in [6.45, 7) is 5.77. The number of nitrogens with zero attached hydrogens (tertiary/aromatic N) is 2. The summed E-state index contributed by atoms with van der Waals surface area (Å²) in [6, 6.07) is 0.251. The molecule has 2 heterocycles. The minimum Gasteiger partial charge on any atom is -0.381 e. The number of hydrogen-bond acceptors (Lipinski definition) is 5. The Bertz CT molecular complexity index is 462. The average molecular weight is 397 g/mol. The molecule has 7 nitrogen and oxygen atoms in total. The number of halogens is 2. The van der Waals surface area contributed by atoms with Gasteiger partial charge in [0, 0.05) is 45.4 Å². The number of nitrogens with two attached hydrogens (primary N) is 1. The number of rotatable bonds is 4. The predicted molar refractivity (Wildman–Crippen MR) is 100 cm³/mol. The third-order valence-electron chi connectivity index (χ3n) is 5.26. The molecular weight excluding hydrogens is 367 g/mol. The lowest BCUT2D eigenvalue weighted by molar-refractivity contribution is -0.143. The summed E-state index contributed by atoms with van der Waals surface area (Å²) in [5, 5.41) is 3.05. The van der Waals surface area contributed by atoms with Crippen molar-refractivity contribution in [3.05, 3.63) is 0 Å². The number of hydrogen-bond donors (Lipinski definition) is 2. The maximum Gasteiger partial charge on any atom is 0.242 e. The molecule has 0 aromatic carbocycles. The van der Waals surface area contributed by atoms with Gasteiger partial charge in [-0.2, -0.15) is 0 Å². The minimum atomic E-state index is -0.768. The van der Waals surface area contributed by atoms with E-state index in [2.05, 4.69) is 10.2 Å². The van der Waals surface area contributed by atoms with E-state index in [-0.39, 0.29) is 42.7 Å². The summed E-state index contributed by atoms with van der Waals surface area (Å²) in [5.41, 5.74) is 5.52. The van der Waals surface area contributed by atoms with Crippen LogP contribution in [0.2, 0.25) is 0 Å². The normalized spacial score (nSPS) is 24.5. The molecule has 3 fully saturated rings. The Hall–Kier alpha value is -0.600. The molecule has 0 aromatic rings. The van der Waals surface area contributed by atoms with Crippen LogP contribution in [0.3, 0.4) is 0 Å². The fourth-order valence-corrected chi connectivity index (χ4v) is 3.29. The minimum absolute atomic E-state index is 0. The van der Waals surface area contributed by atoms with Crippen molar-refractivity contribution < 1.29 is 14.3 Å². The van der Waals surface area contributed by atoms with E-state index >= 15 is 0 Å². The molecule has 146 valence electrons. The lowest BCUT2D eigenvalue weighted by Crippen LogP contribution is -2.62. The Morgan fingerprint density at radius 2 is 1.68 bits per heavy atom. The summed E-state index contributed by atoms with van der Waals surface area (Å²) < 4.78 is 5.31. The molecule has 0 bridgehead atoms. The van der Waals surface area contributed by atoms with Crippen LogP contribution in [-0.4, -0.2) is 78.6 Å². The van der Waals surface area contributed by atoms with Gasteiger partial charge in [0.2, 0.25) is 11.8 Å². The van der Waals surface area contributed by atoms with Gasteiger partial charge in [-0.05, 0) is 32.6 Å². The van der Waals surface area contributed by atoms with Crippen LogP contribution in [0.4, 0.5) is 0 Å². The van der Waals surface area contributed by atoms with Crippen LogP contribution < -0.4 is 11.1 Å². The van der Waals surface area contributed by atoms with Gasteiger partial charge in [-0.1, -0.05) is 0 Å². The van der Waals surface area contributed by atoms with E-state index in [4.69, 9.17) is 10.5 Å². The van der Waals surface area contributed by atoms with Crippen molar-refractivity contribution >= 4 is 36.6 Å². The molecule has 2 saturated heterocycles. The van der Waals surface area contributed by atoms with Gasteiger partial charge in [-0.3, -0.25) is 14.5 Å². The van der Waals surface area contributed by atoms with E-state index in [1.807, 2.05) is 11.8 Å². The number of amides is 2. The second kappa shape index (κ2) is 9.37. The van der Waals surface area contributed by atoms with Crippen LogP contribution in [0.25, 0.3) is 0 Å². The summed E-state index contributed by atoms with van der Waals surface area (Å²) in [6.07, 6.45) is 3.38. The van der Waals surface area contributed by atoms with Crippen molar-refractivity contribution in [1.82, 2.24) is 15.1 Å². The SMILES string of the molecule is CC(C(=O)NC1CC1)N1CCN(C(=O)C2(N)CCOCC2)CC1.Cl.Cl. The molecule has 1 unspecified atom stereocenters. The third-order valence-corrected chi connectivity index (χ3v) is 5.26. The molecule has 0 spiro atoms. The first-order valence-corrected chi connectivity index (χ1v) is 8.70. The van der Waals surface area contributed by atoms with Crippen molar-refractivity contribution in [3.63, 3.8) is 0 Å². The summed E-state index contributed by atoms with van der Waals surface area (Å²) in [4.78, 5) is 28.8. The van der Waals surface area contributed by atoms with Gasteiger partial charge >= 0.3 is 0 Å². The highest BCUT2D eigenvalue weighted by atomic mass is 35.5. The molecule has 25 heavy (non-hydrogen) atoms. The zero-order valence-electron chi connectivity index (χ0n) is 14.7. The number of piperazine rings is 1. The Morgan fingerprint density at radius 1 is 1.12 bits per heavy atom. The number of ether oxygens (including phenoxy) is 1. The number of nitrogens with one attached hydrogen (secondary N) is 1. The van der Waals surface area contributed by atoms with Crippen LogP contribution in [0.15, 0.2) is 0 Å². The lowest BCUT2D eigenvalue weighted by Gasteiger charge is -2.42. The largest absolute Gasteiger partial charge is 0.381 e. The molecule has 1 atom stereocenters. The van der Waals surface area contributed by atoms with E-state index in [0.717, 1.165) is 25.9 Å². The first-order chi connectivity index (χ1) is 11.0. The van der Waals surface area contributed by atoms with Gasteiger partial charge in [0.15, 0.2) is 0 Å². The van der Waals surface area contributed by atoms with Crippen molar-refractivity contribution in [2.45, 2.75) is 50.2 Å². The van der Waals surface area contributed by atoms with Gasteiger partial charge in [-0.25, -0.2) is 0 Å². The average Bonchev–Trinajstić information content (AvgIpc) is 3.38. The molecule has 3 aliphatic rings. The van der Waals surface area contributed by atoms with Crippen molar-refractivity contribution in [2.24, 2.45) is 5.73 Å². The van der Waals surface area contributed by atoms with E-state index in [1.165, 1.54) is 0 Å². The van der Waals surface area contributed by atoms with Crippen molar-refractivity contribution in [1.29, 1.82) is 0 Å². The third kappa shape index (κ3) is 5.44. The Balaban J connectivity index is 0.00000156. The van der Waals surface area contributed by atoms with Gasteiger partial charge in [0.25, 0.3) is 0 Å². The number of carbonyl (C=O) groups is 2. The van der Waals surface area contributed by atoms with Gasteiger partial charge in [0.1, 0.15) is 0 Å². The molecule has 0 radical (unpaired) electrons. The maximum atomic E-state index is 12.7. The fraction of sp³-hybridized carbons (Fsp3) is 0.875. The molecule has 9 heteroatoms. The van der Waals surface area contributed by atoms with Crippen molar-refractivity contribution in [2.75, 3.05) is 39.4 Å². The molecule has 3 N–H and O–H groups in total. The molecule has 1 saturated carbocycles. The quantitative estimate of drug-likeness (QED) is 0.705. The molecule has 2 amide bonds. The Labute approximate surface area is 161 Å². The topological polar surface area (TPSA) is 87.9 Å². The molecular formula is C16H30Cl2N4O3. The van der Waals surface area contributed by atoms with Crippen LogP contribution in [0.5, 0.6) is 0 Å². The van der Waals surface area contributed by atoms with E-state index in [0.29, 0.717) is 45.2 Å². The van der Waals surface area contributed by atoms with Gasteiger partial charge in [0.05, 0.1) is 11.6 Å². The van der Waals surface area contributed by atoms with Gasteiger partial charge < -0.3 is 20.7 Å². The molecule has 2 aliphatic heterocycles. The highest BCUT2D eigenvalue weighted by molar-refractivity contribution is 5.86. The van der Waals surface area contributed by atoms with E-state index in [9.17, 15) is 9.59 Å². The Kier molecular flexibility index (Phi) is 8.41. The highest BCUT2D eigenvalue weighted by Crippen LogP contribution is 2.22. The Morgan fingerprint density at radius 3 is 2.20 bits per heavy atom. The smallest absolute Gasteiger partial charge is 0.242 e. The van der Waals surface area contributed by atoms with Crippen LogP contribution in [0, 0.1) is 0 Å². The van der Waals surface area contributed by atoms with Crippen molar-refractivity contribution in [3.8, 4) is 0 Å². The first kappa shape index (κ1) is 22.4. The molecule has 1 aliphatic carbocycles. The van der Waals surface area contributed by atoms with Crippen LogP contribution in [0.1, 0.15) is 32.6 Å². The molecule has 3 rings (SSSR count). The predicted octanol–water partition coefficient (Wildman–Crippen LogP) is 0.149. The fourth-order valence-electron chi connectivity index (χ4n) is 3.29.